The molecule has 0 bridgehead atoms. The zero-order chi connectivity index (χ0) is 83.1. The predicted octanol–water partition coefficient (Wildman–Crippen LogP) is -9.69. The number of ether oxygens (including phenoxy) is 12. The van der Waals surface area contributed by atoms with E-state index in [-0.39, 0.29) is 144 Å². The first-order valence-corrected chi connectivity index (χ1v) is 37.2. The van der Waals surface area contributed by atoms with Crippen molar-refractivity contribution in [3.05, 3.63) is 47.6 Å². The van der Waals surface area contributed by atoms with Crippen LogP contribution in [0.15, 0.2) is 35.6 Å². The number of aliphatic hydroxyl groups excluding tert-OH is 12. The first-order valence-electron chi connectivity index (χ1n) is 37.2. The molecule has 4 aliphatic rings. The fourth-order valence-corrected chi connectivity index (χ4v) is 13.0. The monoisotopic (exact) mass is 1640 g/mol. The van der Waals surface area contributed by atoms with Crippen LogP contribution < -0.4 is 26.6 Å². The number of rotatable bonds is 57. The Morgan fingerprint density at radius 3 is 1.60 bits per heavy atom. The van der Waals surface area contributed by atoms with Gasteiger partial charge in [-0.1, -0.05) is 22.1 Å². The number of aromatic nitrogens is 9. The number of nitrogens with one attached hydrogen (secondary N) is 6. The van der Waals surface area contributed by atoms with Crippen molar-refractivity contribution in [1.29, 1.82) is 5.53 Å². The Morgan fingerprint density at radius 1 is 0.640 bits per heavy atom. The molecule has 4 fully saturated rings. The number of nitrogens with zero attached hydrogens (tertiary/aromatic N) is 12. The molecule has 20 atom stereocenters. The molecule has 3 aliphatic heterocycles. The number of unbranched alkanes of at least 4 members (excludes halogenated alkanes) is 1. The molecule has 6 heterocycles. The summed E-state index contributed by atoms with van der Waals surface area (Å²) >= 11 is 0. The second-order valence-electron chi connectivity index (χ2n) is 27.4. The third kappa shape index (κ3) is 27.0. The van der Waals surface area contributed by atoms with Crippen molar-refractivity contribution >= 4 is 29.6 Å². The molecule has 19 unspecified atom stereocenters. The Kier molecular flexibility index (Phi) is 39.0. The van der Waals surface area contributed by atoms with Crippen LogP contribution in [-0.2, 0) is 120 Å². The predicted molar refractivity (Wildman–Crippen MR) is 379 cm³/mol. The topological polar surface area (TPSA) is 654 Å². The van der Waals surface area contributed by atoms with Gasteiger partial charge in [0, 0.05) is 85.2 Å². The zero-order valence-corrected chi connectivity index (χ0v) is 64.1. The van der Waals surface area contributed by atoms with E-state index in [1.165, 1.54) is 45.5 Å². The van der Waals surface area contributed by atoms with E-state index >= 15 is 0 Å². The summed E-state index contributed by atoms with van der Waals surface area (Å²) in [6, 6.07) is -3.48. The fraction of sp³-hybridized carbons (Fsp3) is 0.803. The smallest absolute Gasteiger partial charge is 0.320 e. The van der Waals surface area contributed by atoms with Crippen LogP contribution in [0, 0.1) is 5.53 Å². The van der Waals surface area contributed by atoms with Crippen LogP contribution in [0.25, 0.3) is 0 Å². The minimum atomic E-state index is -1.64. The summed E-state index contributed by atoms with van der Waals surface area (Å²) in [5.74, 6) is -3.36. The maximum atomic E-state index is 13.5. The fourth-order valence-electron chi connectivity index (χ4n) is 13.0. The Balaban J connectivity index is 0.984. The van der Waals surface area contributed by atoms with Gasteiger partial charge in [0.15, 0.2) is 36.2 Å². The number of aliphatic carboxylic acids is 1. The molecular formula is C66H112N18O30. The van der Waals surface area contributed by atoms with Crippen LogP contribution in [0.4, 0.5) is 0 Å². The lowest BCUT2D eigenvalue weighted by Crippen LogP contribution is -3.00. The number of fused-ring (bicyclic) bond motifs is 1. The highest BCUT2D eigenvalue weighted by molar-refractivity contribution is 5.76. The number of carbonyl (C=O) groups is 5. The van der Waals surface area contributed by atoms with Crippen LogP contribution in [-0.4, -0.2) is 398 Å². The normalized spacial score (nSPS) is 26.9. The van der Waals surface area contributed by atoms with Crippen LogP contribution >= 0.6 is 0 Å². The molecule has 0 radical (unpaired) electrons. The number of hydrogen-bond donors (Lipinski definition) is 19. The standard InChI is InChI=1S/C66H112N18O30/c1-38(89)48(34-85)111-63(59(100)71-41(4)92)109-24-20-106-16-12-83-32-45(75-78-83)28-80(27-44-31-82(77-74-44)11-15-104-18-22-107-61-51(69-39(2)90)55(96)53(94)49(35-86)112-61)10-7-6-8-47(60(101)102)81(29-43(73-67)26-68-9-14-103-21-25-110-64-66(72-42(5)93)58(99)57(98)65(66,37-88)114-64)30-46-33-84(79-76-46)13-17-105-19-23-108-62-52(70-40(3)91)56(97)54(95)50(36-87)113-62/h26,31-33,38,47-59,61-64,67-68,85-89,94-100H,6-25,27-30,34-37H2,1-5H3,(H,69,90)(H,70,91)(H,71,92)(H,72,93)(H,101,102)/b43-26-,73-67?/t38?,47-,48?,49?,50?,51?,52?,53?,54?,55?,56?,57?,58?,59?,61?,62?,63?,64?,65?,66?/m1/s1. The molecule has 0 spiro atoms. The number of carbonyl (C=O) groups excluding carboxylic acids is 4. The van der Waals surface area contributed by atoms with Crippen LogP contribution in [0.5, 0.6) is 0 Å². The Labute approximate surface area is 654 Å². The van der Waals surface area contributed by atoms with Gasteiger partial charge in [-0.05, 0) is 26.3 Å². The third-order valence-electron chi connectivity index (χ3n) is 18.8. The summed E-state index contributed by atoms with van der Waals surface area (Å²) in [5, 5.41) is 176. The van der Waals surface area contributed by atoms with E-state index < -0.39 is 178 Å². The molecule has 19 N–H and O–H groups in total. The van der Waals surface area contributed by atoms with Gasteiger partial charge in [-0.2, -0.15) is 5.11 Å². The summed E-state index contributed by atoms with van der Waals surface area (Å²) in [6.45, 7) is 5.07. The van der Waals surface area contributed by atoms with Gasteiger partial charge in [-0.3, -0.25) is 33.8 Å². The minimum Gasteiger partial charge on any atom is -0.480 e. The minimum absolute atomic E-state index is 0.00221. The van der Waals surface area contributed by atoms with E-state index in [1.807, 2.05) is 4.90 Å². The highest BCUT2D eigenvalue weighted by Crippen LogP contribution is 2.57. The van der Waals surface area contributed by atoms with Crippen molar-refractivity contribution < 1.29 is 147 Å². The second-order valence-corrected chi connectivity index (χ2v) is 27.4. The zero-order valence-electron chi connectivity index (χ0n) is 64.1. The molecule has 646 valence electrons. The summed E-state index contributed by atoms with van der Waals surface area (Å²) < 4.78 is 72.8. The number of carboxylic acids is 1. The summed E-state index contributed by atoms with van der Waals surface area (Å²) in [7, 11) is 0. The molecule has 114 heavy (non-hydrogen) atoms. The molecule has 3 aromatic heterocycles. The van der Waals surface area contributed by atoms with E-state index in [0.29, 0.717) is 36.5 Å². The maximum absolute atomic E-state index is 13.5. The van der Waals surface area contributed by atoms with E-state index in [9.17, 15) is 90.4 Å². The van der Waals surface area contributed by atoms with Crippen molar-refractivity contribution in [2.24, 2.45) is 5.11 Å². The highest BCUT2D eigenvalue weighted by atomic mass is 16.7. The SMILES string of the molecule is CC(=O)NC(O)C(OCCOCCn1cc(CN(CCCC[C@H](C(=O)O)N(C/C(=C/NCCOCCOC2OC3(CO)C(O)C(O)C23NC(C)=O)N=N)Cc2cn(CCOCCOC3OC(CO)C(O)C(O)C3NC(C)=O)nn2)Cc2cn(CCOCCOC3OC(CO)C(O)C(O)C3NC(C)=O)nn2)nn1)OC(CO)C(C)O. The first-order chi connectivity index (χ1) is 54.6. The van der Waals surface area contributed by atoms with E-state index in [4.69, 9.17) is 62.4 Å². The van der Waals surface area contributed by atoms with Gasteiger partial charge < -0.3 is 150 Å². The van der Waals surface area contributed by atoms with Gasteiger partial charge in [-0.15, -0.1) is 15.3 Å². The molecule has 1 aliphatic carbocycles. The third-order valence-corrected chi connectivity index (χ3v) is 18.8. The van der Waals surface area contributed by atoms with Gasteiger partial charge in [0.25, 0.3) is 0 Å². The average molecular weight is 1640 g/mol. The first kappa shape index (κ1) is 94.0. The van der Waals surface area contributed by atoms with Gasteiger partial charge in [0.2, 0.25) is 29.9 Å². The van der Waals surface area contributed by atoms with Crippen LogP contribution in [0.1, 0.15) is 71.0 Å². The number of hydrogen-bond acceptors (Lipinski definition) is 40. The molecule has 48 nitrogen and oxygen atoms in total. The quantitative estimate of drug-likeness (QED) is 0.0142. The highest BCUT2D eigenvalue weighted by Gasteiger charge is 2.85. The lowest BCUT2D eigenvalue weighted by atomic mass is 9.53. The van der Waals surface area contributed by atoms with Crippen LogP contribution in [0.3, 0.4) is 0 Å². The molecule has 3 saturated heterocycles. The molecule has 4 amide bonds. The van der Waals surface area contributed by atoms with Crippen molar-refractivity contribution in [2.45, 2.75) is 215 Å². The molecule has 1 saturated carbocycles. The van der Waals surface area contributed by atoms with E-state index in [1.54, 1.807) is 32.9 Å². The summed E-state index contributed by atoms with van der Waals surface area (Å²) in [6.07, 6.45) is -13.0. The average Bonchev–Trinajstić information content (AvgIpc) is 0.699. The van der Waals surface area contributed by atoms with Crippen molar-refractivity contribution in [2.75, 3.05) is 125 Å². The Bertz CT molecular complexity index is 3420. The Morgan fingerprint density at radius 2 is 1.14 bits per heavy atom. The van der Waals surface area contributed by atoms with Crippen LogP contribution in [0.2, 0.25) is 0 Å². The lowest BCUT2D eigenvalue weighted by Gasteiger charge is -2.73. The van der Waals surface area contributed by atoms with Gasteiger partial charge in [0.1, 0.15) is 73.1 Å². The maximum Gasteiger partial charge on any atom is 0.320 e. The van der Waals surface area contributed by atoms with Gasteiger partial charge in [0.05, 0.1) is 154 Å². The number of amides is 4. The lowest BCUT2D eigenvalue weighted by molar-refractivity contribution is -0.475. The molecule has 7 rings (SSSR count). The van der Waals surface area contributed by atoms with E-state index in [2.05, 4.69) is 62.6 Å². The van der Waals surface area contributed by atoms with Gasteiger partial charge in [-0.25, -0.2) is 19.6 Å². The second kappa shape index (κ2) is 47.3. The molecule has 0 aromatic carbocycles. The Hall–Kier alpha value is -7.13. The van der Waals surface area contributed by atoms with E-state index in [0.717, 1.165) is 0 Å². The molecule has 48 heteroatoms. The summed E-state index contributed by atoms with van der Waals surface area (Å²) in [5.41, 5.74) is 6.48. The molecular weight excluding hydrogens is 1520 g/mol. The number of carboxylic acid groups (broad SMARTS) is 1. The summed E-state index contributed by atoms with van der Waals surface area (Å²) in [4.78, 5) is 64.6. The number of aliphatic hydroxyl groups is 12. The van der Waals surface area contributed by atoms with Gasteiger partial charge >= 0.3 is 5.97 Å². The van der Waals surface area contributed by atoms with Crippen molar-refractivity contribution in [3.8, 4) is 0 Å². The van der Waals surface area contributed by atoms with Crippen molar-refractivity contribution in [3.63, 3.8) is 0 Å². The largest absolute Gasteiger partial charge is 0.480 e. The van der Waals surface area contributed by atoms with Crippen molar-refractivity contribution in [1.82, 2.24) is 81.4 Å². The molecule has 3 aromatic rings.